The quantitative estimate of drug-likeness (QED) is 0.791. The van der Waals surface area contributed by atoms with Crippen molar-refractivity contribution in [2.45, 2.75) is 6.18 Å². The van der Waals surface area contributed by atoms with Crippen LogP contribution in [0.15, 0.2) is 36.7 Å². The molecule has 0 saturated carbocycles. The number of benzene rings is 1. The SMILES string of the molecule is COCCNC(=O)c1cnc(Nc2cccc(C(F)(F)F)c2)nc1. The summed E-state index contributed by atoms with van der Waals surface area (Å²) in [6, 6.07) is 4.67. The zero-order chi connectivity index (χ0) is 17.6. The van der Waals surface area contributed by atoms with Crippen LogP contribution in [0.2, 0.25) is 0 Å². The summed E-state index contributed by atoms with van der Waals surface area (Å²) in [6.07, 6.45) is -1.86. The number of carbonyl (C=O) groups excluding carboxylic acids is 1. The highest BCUT2D eigenvalue weighted by Gasteiger charge is 2.30. The monoisotopic (exact) mass is 340 g/mol. The van der Waals surface area contributed by atoms with Crippen molar-refractivity contribution in [1.29, 1.82) is 0 Å². The number of nitrogens with one attached hydrogen (secondary N) is 2. The molecule has 128 valence electrons. The summed E-state index contributed by atoms with van der Waals surface area (Å²) in [5.74, 6) is -0.277. The molecule has 0 aliphatic heterocycles. The number of methoxy groups -OCH3 is 1. The normalized spacial score (nSPS) is 11.2. The zero-order valence-corrected chi connectivity index (χ0v) is 12.7. The first kappa shape index (κ1) is 17.7. The van der Waals surface area contributed by atoms with Gasteiger partial charge in [-0.1, -0.05) is 6.07 Å². The van der Waals surface area contributed by atoms with Crippen LogP contribution in [0.4, 0.5) is 24.8 Å². The van der Waals surface area contributed by atoms with E-state index in [-0.39, 0.29) is 23.1 Å². The van der Waals surface area contributed by atoms with E-state index >= 15 is 0 Å². The van der Waals surface area contributed by atoms with Gasteiger partial charge in [0.1, 0.15) is 0 Å². The summed E-state index contributed by atoms with van der Waals surface area (Å²) < 4.78 is 42.8. The summed E-state index contributed by atoms with van der Waals surface area (Å²) in [4.78, 5) is 19.6. The Morgan fingerprint density at radius 3 is 2.58 bits per heavy atom. The molecule has 0 radical (unpaired) electrons. The Labute approximate surface area is 136 Å². The molecule has 0 aliphatic rings. The van der Waals surface area contributed by atoms with Crippen LogP contribution < -0.4 is 10.6 Å². The molecule has 1 amide bonds. The molecule has 2 aromatic rings. The van der Waals surface area contributed by atoms with Gasteiger partial charge in [0.05, 0.1) is 17.7 Å². The van der Waals surface area contributed by atoms with Crippen LogP contribution in [0.1, 0.15) is 15.9 Å². The molecule has 1 aromatic carbocycles. The maximum Gasteiger partial charge on any atom is 0.416 e. The Bertz CT molecular complexity index is 690. The molecule has 0 unspecified atom stereocenters. The molecule has 2 rings (SSSR count). The number of nitrogens with zero attached hydrogens (tertiary/aromatic N) is 2. The third kappa shape index (κ3) is 4.92. The number of halogens is 3. The van der Waals surface area contributed by atoms with Crippen molar-refractivity contribution in [1.82, 2.24) is 15.3 Å². The molecule has 1 heterocycles. The van der Waals surface area contributed by atoms with Crippen molar-refractivity contribution >= 4 is 17.5 Å². The zero-order valence-electron chi connectivity index (χ0n) is 12.7. The fraction of sp³-hybridized carbons (Fsp3) is 0.267. The molecule has 0 saturated heterocycles. The second-order valence-corrected chi connectivity index (χ2v) is 4.75. The number of rotatable bonds is 6. The van der Waals surface area contributed by atoms with Gasteiger partial charge in [0.25, 0.3) is 5.91 Å². The van der Waals surface area contributed by atoms with Gasteiger partial charge in [-0.05, 0) is 18.2 Å². The fourth-order valence-electron chi connectivity index (χ4n) is 1.78. The van der Waals surface area contributed by atoms with Gasteiger partial charge in [-0.15, -0.1) is 0 Å². The topological polar surface area (TPSA) is 76.1 Å². The smallest absolute Gasteiger partial charge is 0.383 e. The molecule has 6 nitrogen and oxygen atoms in total. The maximum absolute atomic E-state index is 12.7. The van der Waals surface area contributed by atoms with Gasteiger partial charge in [-0.2, -0.15) is 13.2 Å². The number of aromatic nitrogens is 2. The third-order valence-corrected chi connectivity index (χ3v) is 2.95. The van der Waals surface area contributed by atoms with Crippen molar-refractivity contribution < 1.29 is 22.7 Å². The lowest BCUT2D eigenvalue weighted by molar-refractivity contribution is -0.137. The van der Waals surface area contributed by atoms with E-state index in [1.165, 1.54) is 31.6 Å². The molecule has 0 fully saturated rings. The molecule has 24 heavy (non-hydrogen) atoms. The van der Waals surface area contributed by atoms with Crippen LogP contribution in [0, 0.1) is 0 Å². The van der Waals surface area contributed by atoms with Crippen molar-refractivity contribution in [2.24, 2.45) is 0 Å². The van der Waals surface area contributed by atoms with E-state index in [4.69, 9.17) is 4.74 Å². The minimum Gasteiger partial charge on any atom is -0.383 e. The first-order valence-corrected chi connectivity index (χ1v) is 6.93. The van der Waals surface area contributed by atoms with E-state index in [0.29, 0.717) is 13.2 Å². The van der Waals surface area contributed by atoms with Crippen LogP contribution in [0.5, 0.6) is 0 Å². The highest BCUT2D eigenvalue weighted by atomic mass is 19.4. The lowest BCUT2D eigenvalue weighted by atomic mass is 10.2. The van der Waals surface area contributed by atoms with E-state index in [2.05, 4.69) is 20.6 Å². The summed E-state index contributed by atoms with van der Waals surface area (Å²) in [6.45, 7) is 0.724. The van der Waals surface area contributed by atoms with Gasteiger partial charge >= 0.3 is 6.18 Å². The fourth-order valence-corrected chi connectivity index (χ4v) is 1.78. The van der Waals surface area contributed by atoms with Gasteiger partial charge in [-0.3, -0.25) is 4.79 Å². The van der Waals surface area contributed by atoms with Gasteiger partial charge < -0.3 is 15.4 Å². The standard InChI is InChI=1S/C15H15F3N4O2/c1-24-6-5-19-13(23)10-8-20-14(21-9-10)22-12-4-2-3-11(7-12)15(16,17)18/h2-4,7-9H,5-6H2,1H3,(H,19,23)(H,20,21,22). The van der Waals surface area contributed by atoms with Gasteiger partial charge in [0.15, 0.2) is 0 Å². The summed E-state index contributed by atoms with van der Waals surface area (Å²) in [5.41, 5.74) is -0.343. The average molecular weight is 340 g/mol. The minimum atomic E-state index is -4.43. The Balaban J connectivity index is 2.03. The summed E-state index contributed by atoms with van der Waals surface area (Å²) in [7, 11) is 1.52. The highest BCUT2D eigenvalue weighted by molar-refractivity contribution is 5.93. The van der Waals surface area contributed by atoms with Crippen molar-refractivity contribution in [3.8, 4) is 0 Å². The molecule has 0 atom stereocenters. The number of hydrogen-bond acceptors (Lipinski definition) is 5. The number of anilines is 2. The number of carbonyl (C=O) groups is 1. The minimum absolute atomic E-state index is 0.0859. The third-order valence-electron chi connectivity index (χ3n) is 2.95. The Morgan fingerprint density at radius 1 is 1.25 bits per heavy atom. The predicted molar refractivity (Wildman–Crippen MR) is 81.0 cm³/mol. The largest absolute Gasteiger partial charge is 0.416 e. The lowest BCUT2D eigenvalue weighted by Gasteiger charge is -2.10. The number of alkyl halides is 3. The van der Waals surface area contributed by atoms with Crippen LogP contribution >= 0.6 is 0 Å². The summed E-state index contributed by atoms with van der Waals surface area (Å²) >= 11 is 0. The van der Waals surface area contributed by atoms with Gasteiger partial charge in [-0.25, -0.2) is 9.97 Å². The first-order chi connectivity index (χ1) is 11.4. The number of hydrogen-bond donors (Lipinski definition) is 2. The molecular formula is C15H15F3N4O2. The van der Waals surface area contributed by atoms with Crippen LogP contribution in [0.25, 0.3) is 0 Å². The number of amides is 1. The molecule has 0 aliphatic carbocycles. The van der Waals surface area contributed by atoms with E-state index in [1.54, 1.807) is 0 Å². The average Bonchev–Trinajstić information content (AvgIpc) is 2.55. The molecule has 9 heteroatoms. The molecule has 0 bridgehead atoms. The Hall–Kier alpha value is -2.68. The molecular weight excluding hydrogens is 325 g/mol. The highest BCUT2D eigenvalue weighted by Crippen LogP contribution is 2.31. The van der Waals surface area contributed by atoms with Crippen molar-refractivity contribution in [3.63, 3.8) is 0 Å². The first-order valence-electron chi connectivity index (χ1n) is 6.93. The van der Waals surface area contributed by atoms with Crippen molar-refractivity contribution in [2.75, 3.05) is 25.6 Å². The van der Waals surface area contributed by atoms with Crippen LogP contribution in [-0.2, 0) is 10.9 Å². The summed E-state index contributed by atoms with van der Waals surface area (Å²) in [5, 5.41) is 5.26. The van der Waals surface area contributed by atoms with Crippen LogP contribution in [-0.4, -0.2) is 36.1 Å². The number of ether oxygens (including phenoxy) is 1. The van der Waals surface area contributed by atoms with E-state index in [9.17, 15) is 18.0 Å². The lowest BCUT2D eigenvalue weighted by Crippen LogP contribution is -2.27. The Morgan fingerprint density at radius 2 is 1.96 bits per heavy atom. The maximum atomic E-state index is 12.7. The van der Waals surface area contributed by atoms with E-state index < -0.39 is 11.7 Å². The van der Waals surface area contributed by atoms with Crippen LogP contribution in [0.3, 0.4) is 0 Å². The van der Waals surface area contributed by atoms with E-state index in [0.717, 1.165) is 12.1 Å². The second kappa shape index (κ2) is 7.73. The van der Waals surface area contributed by atoms with Gasteiger partial charge in [0.2, 0.25) is 5.95 Å². The molecule has 0 spiro atoms. The predicted octanol–water partition coefficient (Wildman–Crippen LogP) is 2.62. The molecule has 2 N–H and O–H groups in total. The van der Waals surface area contributed by atoms with E-state index in [1.807, 2.05) is 0 Å². The second-order valence-electron chi connectivity index (χ2n) is 4.75. The van der Waals surface area contributed by atoms with Gasteiger partial charge in [0, 0.05) is 31.7 Å². The molecule has 1 aromatic heterocycles. The Kier molecular flexibility index (Phi) is 5.69. The van der Waals surface area contributed by atoms with Crippen molar-refractivity contribution in [3.05, 3.63) is 47.8 Å².